The Morgan fingerprint density at radius 1 is 0.725 bits per heavy atom. The smallest absolute Gasteiger partial charge is 0.150 e. The highest BCUT2D eigenvalue weighted by Gasteiger charge is 2.05. The number of hydrogen-bond donors (Lipinski definition) is 2. The number of hydrogen-bond acceptors (Lipinski definition) is 4. The van der Waals surface area contributed by atoms with E-state index in [2.05, 4.69) is 97.8 Å². The number of benzene rings is 4. The van der Waals surface area contributed by atoms with Gasteiger partial charge in [0.15, 0.2) is 0 Å². The van der Waals surface area contributed by atoms with Gasteiger partial charge in [-0.3, -0.25) is 9.79 Å². The monoisotopic (exact) mass is 533 g/mol. The number of rotatable bonds is 7. The first-order valence-corrected chi connectivity index (χ1v) is 13.7. The molecule has 208 valence electrons. The molecule has 0 amide bonds. The van der Waals surface area contributed by atoms with Crippen LogP contribution in [-0.4, -0.2) is 19.0 Å². The molecule has 4 aromatic carbocycles. The fourth-order valence-corrected chi connectivity index (χ4v) is 3.89. The quantitative estimate of drug-likeness (QED) is 0.184. The third-order valence-electron chi connectivity index (χ3n) is 6.34. The molecule has 0 spiro atoms. The molecule has 4 aromatic rings. The van der Waals surface area contributed by atoms with Crippen LogP contribution < -0.4 is 10.6 Å². The fourth-order valence-electron chi connectivity index (χ4n) is 3.89. The minimum Gasteiger partial charge on any atom is -0.388 e. The molecule has 0 unspecified atom stereocenters. The van der Waals surface area contributed by atoms with Crippen LogP contribution in [0.25, 0.3) is 5.70 Å². The Kier molecular flexibility index (Phi) is 12.6. The van der Waals surface area contributed by atoms with Gasteiger partial charge in [0.25, 0.3) is 0 Å². The van der Waals surface area contributed by atoms with Crippen molar-refractivity contribution in [3.05, 3.63) is 130 Å². The highest BCUT2D eigenvalue weighted by Crippen LogP contribution is 2.27. The zero-order chi connectivity index (χ0) is 29.7. The van der Waals surface area contributed by atoms with E-state index in [9.17, 15) is 4.79 Å². The normalized spacial score (nSPS) is 10.3. The summed E-state index contributed by atoms with van der Waals surface area (Å²) < 4.78 is 0. The lowest BCUT2D eigenvalue weighted by Gasteiger charge is -2.12. The van der Waals surface area contributed by atoms with Crippen LogP contribution in [0, 0.1) is 27.7 Å². The number of anilines is 2. The topological polar surface area (TPSA) is 53.5 Å². The lowest BCUT2D eigenvalue weighted by Crippen LogP contribution is -1.98. The van der Waals surface area contributed by atoms with Crippen molar-refractivity contribution in [2.24, 2.45) is 4.99 Å². The molecule has 0 aliphatic carbocycles. The van der Waals surface area contributed by atoms with Crippen molar-refractivity contribution in [3.8, 4) is 0 Å². The molecule has 0 aliphatic heterocycles. The molecule has 4 rings (SSSR count). The van der Waals surface area contributed by atoms with Crippen molar-refractivity contribution in [1.29, 1.82) is 0 Å². The van der Waals surface area contributed by atoms with Gasteiger partial charge in [0, 0.05) is 35.4 Å². The third kappa shape index (κ3) is 9.39. The molecule has 4 heteroatoms. The van der Waals surface area contributed by atoms with E-state index in [1.54, 1.807) is 0 Å². The molecule has 0 aliphatic rings. The maximum Gasteiger partial charge on any atom is 0.150 e. The van der Waals surface area contributed by atoms with Gasteiger partial charge in [-0.05, 0) is 81.1 Å². The Morgan fingerprint density at radius 3 is 1.88 bits per heavy atom. The Bertz CT molecular complexity index is 1430. The predicted octanol–water partition coefficient (Wildman–Crippen LogP) is 9.71. The number of nitrogens with zero attached hydrogens (tertiary/aromatic N) is 1. The number of nitrogens with one attached hydrogen (secondary N) is 2. The van der Waals surface area contributed by atoms with E-state index in [4.69, 9.17) is 4.99 Å². The molecule has 40 heavy (non-hydrogen) atoms. The van der Waals surface area contributed by atoms with E-state index < -0.39 is 0 Å². The average molecular weight is 534 g/mol. The van der Waals surface area contributed by atoms with Crippen LogP contribution in [0.5, 0.6) is 0 Å². The Morgan fingerprint density at radius 2 is 1.30 bits per heavy atom. The summed E-state index contributed by atoms with van der Waals surface area (Å²) in [7, 11) is 1.92. The van der Waals surface area contributed by atoms with Gasteiger partial charge in [-0.1, -0.05) is 92.2 Å². The van der Waals surface area contributed by atoms with Crippen molar-refractivity contribution in [1.82, 2.24) is 0 Å². The maximum atomic E-state index is 10.3. The predicted molar refractivity (Wildman–Crippen MR) is 176 cm³/mol. The summed E-state index contributed by atoms with van der Waals surface area (Å²) in [5.41, 5.74) is 12.5. The van der Waals surface area contributed by atoms with Crippen LogP contribution in [0.1, 0.15) is 64.5 Å². The van der Waals surface area contributed by atoms with E-state index in [0.29, 0.717) is 0 Å². The van der Waals surface area contributed by atoms with Gasteiger partial charge in [-0.25, -0.2) is 0 Å². The Balaban J connectivity index is 0.000000391. The lowest BCUT2D eigenvalue weighted by molar-refractivity contribution is 0.112. The number of carbonyl (C=O) groups is 1. The van der Waals surface area contributed by atoms with Crippen LogP contribution >= 0.6 is 0 Å². The Hall–Kier alpha value is -4.44. The molecular weight excluding hydrogens is 490 g/mol. The molecule has 0 radical (unpaired) electrons. The minimum atomic E-state index is 0.783. The molecule has 2 N–H and O–H groups in total. The van der Waals surface area contributed by atoms with Crippen molar-refractivity contribution < 1.29 is 4.79 Å². The van der Waals surface area contributed by atoms with Crippen LogP contribution in [0.3, 0.4) is 0 Å². The molecule has 0 atom stereocenters. The standard InChI is InChI=1S/C25H27N3.C9H10O.C2H6/c1-17-6-9-21(10-7-17)19(3)27-24-13-8-18(2)25(16-24)28-20(4)22-11-14-23(26-5)15-12-22;1-7-3-4-9(6-10)8(2)5-7;1-2/h6-16,26-27H,3H2,1-2,4-5H3;3-6H,1-2H3;1-2H3. The third-order valence-corrected chi connectivity index (χ3v) is 6.34. The highest BCUT2D eigenvalue weighted by molar-refractivity contribution is 6.00. The minimum absolute atomic E-state index is 0.783. The van der Waals surface area contributed by atoms with E-state index in [-0.39, 0.29) is 0 Å². The summed E-state index contributed by atoms with van der Waals surface area (Å²) in [5, 5.41) is 6.54. The number of aryl methyl sites for hydroxylation is 4. The molecule has 0 bridgehead atoms. The maximum absolute atomic E-state index is 10.3. The van der Waals surface area contributed by atoms with Gasteiger partial charge in [-0.2, -0.15) is 0 Å². The average Bonchev–Trinajstić information content (AvgIpc) is 2.96. The lowest BCUT2D eigenvalue weighted by atomic mass is 10.1. The zero-order valence-corrected chi connectivity index (χ0v) is 25.2. The fraction of sp³-hybridized carbons (Fsp3) is 0.222. The van der Waals surface area contributed by atoms with Crippen LogP contribution in [0.4, 0.5) is 17.1 Å². The first-order chi connectivity index (χ1) is 19.2. The summed E-state index contributed by atoms with van der Waals surface area (Å²) in [6.07, 6.45) is 0.884. The molecule has 0 heterocycles. The summed E-state index contributed by atoms with van der Waals surface area (Å²) in [5.74, 6) is 0. The van der Waals surface area contributed by atoms with Crippen molar-refractivity contribution in [3.63, 3.8) is 0 Å². The number of carbonyl (C=O) groups excluding carboxylic acids is 1. The zero-order valence-electron chi connectivity index (χ0n) is 25.2. The van der Waals surface area contributed by atoms with Gasteiger partial charge in [0.2, 0.25) is 0 Å². The number of aldehydes is 1. The van der Waals surface area contributed by atoms with Crippen molar-refractivity contribution >= 4 is 34.8 Å². The van der Waals surface area contributed by atoms with Gasteiger partial charge < -0.3 is 10.6 Å². The molecular formula is C36H43N3O. The highest BCUT2D eigenvalue weighted by atomic mass is 16.1. The number of aliphatic imine (C=N–C) groups is 1. The van der Waals surface area contributed by atoms with Crippen LogP contribution in [-0.2, 0) is 0 Å². The molecule has 0 saturated carbocycles. The first-order valence-electron chi connectivity index (χ1n) is 13.7. The molecule has 4 nitrogen and oxygen atoms in total. The van der Waals surface area contributed by atoms with Crippen molar-refractivity contribution in [2.45, 2.75) is 48.5 Å². The summed E-state index contributed by atoms with van der Waals surface area (Å²) >= 11 is 0. The largest absolute Gasteiger partial charge is 0.388 e. The molecule has 0 aromatic heterocycles. The second kappa shape index (κ2) is 15.8. The SMILES string of the molecule is C=C(Nc1ccc(C)c(N=C(C)c2ccc(NC)cc2)c1)c1ccc(C)cc1.CC.Cc1ccc(C=O)c(C)c1. The van der Waals surface area contributed by atoms with Gasteiger partial charge >= 0.3 is 0 Å². The van der Waals surface area contributed by atoms with Gasteiger partial charge in [0.05, 0.1) is 5.69 Å². The summed E-state index contributed by atoms with van der Waals surface area (Å²) in [6, 6.07) is 28.6. The van der Waals surface area contributed by atoms with Crippen molar-refractivity contribution in [2.75, 3.05) is 17.7 Å². The molecule has 0 fully saturated rings. The van der Waals surface area contributed by atoms with E-state index in [0.717, 1.165) is 62.6 Å². The van der Waals surface area contributed by atoms with Crippen LogP contribution in [0.15, 0.2) is 96.5 Å². The van der Waals surface area contributed by atoms with E-state index in [1.165, 1.54) is 11.1 Å². The summed E-state index contributed by atoms with van der Waals surface area (Å²) in [4.78, 5) is 15.2. The Labute approximate surface area is 240 Å². The van der Waals surface area contributed by atoms with E-state index in [1.807, 2.05) is 59.9 Å². The van der Waals surface area contributed by atoms with Crippen LogP contribution in [0.2, 0.25) is 0 Å². The molecule has 0 saturated heterocycles. The van der Waals surface area contributed by atoms with Gasteiger partial charge in [0.1, 0.15) is 6.29 Å². The van der Waals surface area contributed by atoms with Gasteiger partial charge in [-0.15, -0.1) is 0 Å². The van der Waals surface area contributed by atoms with E-state index >= 15 is 0 Å². The summed E-state index contributed by atoms with van der Waals surface area (Å²) in [6.45, 7) is 18.3. The second-order valence-electron chi connectivity index (χ2n) is 9.47. The first kappa shape index (κ1) is 31.8. The second-order valence-corrected chi connectivity index (χ2v) is 9.47.